The predicted molar refractivity (Wildman–Crippen MR) is 102 cm³/mol. The fraction of sp³-hybridized carbons (Fsp3) is 0.211. The van der Waals surface area contributed by atoms with E-state index in [0.29, 0.717) is 16.2 Å². The van der Waals surface area contributed by atoms with Crippen molar-refractivity contribution in [3.63, 3.8) is 0 Å². The highest BCUT2D eigenvalue weighted by Gasteiger charge is 2.27. The molecule has 0 aliphatic carbocycles. The largest absolute Gasteiger partial charge is 0.504 e. The van der Waals surface area contributed by atoms with E-state index in [4.69, 9.17) is 4.74 Å². The molecule has 0 aromatic heterocycles. The summed E-state index contributed by atoms with van der Waals surface area (Å²) in [7, 11) is 1.49. The van der Waals surface area contributed by atoms with Crippen LogP contribution in [0.25, 0.3) is 6.08 Å². The Morgan fingerprint density at radius 1 is 1.28 bits per heavy atom. The number of phenolic OH excluding ortho intramolecular Hbond substituents is 1. The predicted octanol–water partition coefficient (Wildman–Crippen LogP) is 3.56. The quantitative estimate of drug-likeness (QED) is 0.715. The van der Waals surface area contributed by atoms with E-state index >= 15 is 0 Å². The summed E-state index contributed by atoms with van der Waals surface area (Å²) in [6.45, 7) is 2.11. The van der Waals surface area contributed by atoms with Gasteiger partial charge < -0.3 is 20.5 Å². The van der Waals surface area contributed by atoms with E-state index in [0.717, 1.165) is 12.1 Å². The summed E-state index contributed by atoms with van der Waals surface area (Å²) in [6.07, 6.45) is 2.66. The Kier molecular flexibility index (Phi) is 5.19. The van der Waals surface area contributed by atoms with Gasteiger partial charge in [0, 0.05) is 11.3 Å². The molecule has 2 aromatic carbocycles. The number of carbonyl (C=O) groups excluding carboxylic acids is 1. The van der Waals surface area contributed by atoms with Crippen molar-refractivity contribution < 1.29 is 14.6 Å². The molecular formula is C19H20N2O3S. The lowest BCUT2D eigenvalue weighted by Crippen LogP contribution is -2.30. The van der Waals surface area contributed by atoms with Gasteiger partial charge in [0.2, 0.25) is 0 Å². The monoisotopic (exact) mass is 356 g/mol. The molecule has 0 unspecified atom stereocenters. The van der Waals surface area contributed by atoms with E-state index in [2.05, 4.69) is 29.7 Å². The topological polar surface area (TPSA) is 70.6 Å². The Balaban J connectivity index is 1.73. The molecular weight excluding hydrogens is 336 g/mol. The van der Waals surface area contributed by atoms with Crippen LogP contribution < -0.4 is 15.4 Å². The van der Waals surface area contributed by atoms with Crippen LogP contribution in [0.4, 0.5) is 5.69 Å². The lowest BCUT2D eigenvalue weighted by atomic mass is 10.1. The maximum Gasteiger partial charge on any atom is 0.260 e. The summed E-state index contributed by atoms with van der Waals surface area (Å²) in [5.41, 5.74) is 2.51. The molecule has 0 saturated carbocycles. The number of carbonyl (C=O) groups is 1. The van der Waals surface area contributed by atoms with Crippen LogP contribution >= 0.6 is 11.8 Å². The Morgan fingerprint density at radius 3 is 2.72 bits per heavy atom. The number of rotatable bonds is 5. The number of benzene rings is 2. The molecule has 5 nitrogen and oxygen atoms in total. The van der Waals surface area contributed by atoms with Crippen LogP contribution in [0.15, 0.2) is 47.4 Å². The average molecular weight is 356 g/mol. The summed E-state index contributed by atoms with van der Waals surface area (Å²) in [6, 6.07) is 13.3. The molecule has 3 rings (SSSR count). The van der Waals surface area contributed by atoms with Crippen LogP contribution in [-0.4, -0.2) is 23.6 Å². The van der Waals surface area contributed by atoms with Gasteiger partial charge in [-0.3, -0.25) is 4.79 Å². The Hall–Kier alpha value is -2.60. The van der Waals surface area contributed by atoms with Crippen molar-refractivity contribution in [2.45, 2.75) is 18.8 Å². The third-order valence-electron chi connectivity index (χ3n) is 3.93. The molecule has 0 bridgehead atoms. The van der Waals surface area contributed by atoms with E-state index in [1.54, 1.807) is 24.3 Å². The highest BCUT2D eigenvalue weighted by Crippen LogP contribution is 2.35. The van der Waals surface area contributed by atoms with Crippen LogP contribution in [0.1, 0.15) is 18.1 Å². The smallest absolute Gasteiger partial charge is 0.260 e. The average Bonchev–Trinajstić information content (AvgIpc) is 2.96. The first-order valence-electron chi connectivity index (χ1n) is 8.01. The van der Waals surface area contributed by atoms with Gasteiger partial charge in [-0.15, -0.1) is 0 Å². The van der Waals surface area contributed by atoms with E-state index in [1.165, 1.54) is 24.4 Å². The number of aromatic hydroxyl groups is 1. The first-order valence-corrected chi connectivity index (χ1v) is 8.89. The lowest BCUT2D eigenvalue weighted by molar-refractivity contribution is -0.116. The van der Waals surface area contributed by atoms with E-state index < -0.39 is 0 Å². The van der Waals surface area contributed by atoms with Crippen molar-refractivity contribution in [3.05, 3.63) is 58.5 Å². The van der Waals surface area contributed by atoms with E-state index in [-0.39, 0.29) is 17.2 Å². The van der Waals surface area contributed by atoms with Crippen LogP contribution in [0.5, 0.6) is 11.5 Å². The summed E-state index contributed by atoms with van der Waals surface area (Å²) in [5.74, 6) is 0.232. The second kappa shape index (κ2) is 7.53. The summed E-state index contributed by atoms with van der Waals surface area (Å²) < 4.78 is 5.10. The van der Waals surface area contributed by atoms with Gasteiger partial charge in [0.15, 0.2) is 17.0 Å². The molecule has 1 saturated heterocycles. The first kappa shape index (κ1) is 17.2. The summed E-state index contributed by atoms with van der Waals surface area (Å²) in [5, 5.41) is 16.3. The molecule has 3 N–H and O–H groups in total. The summed E-state index contributed by atoms with van der Waals surface area (Å²) >= 11 is 1.38. The maximum absolute atomic E-state index is 12.2. The highest BCUT2D eigenvalue weighted by molar-refractivity contribution is 8.05. The highest BCUT2D eigenvalue weighted by atomic mass is 32.2. The number of nitrogens with one attached hydrogen (secondary N) is 2. The minimum atomic E-state index is -0.251. The third kappa shape index (κ3) is 3.91. The van der Waals surface area contributed by atoms with Crippen LogP contribution in [0, 0.1) is 0 Å². The zero-order chi connectivity index (χ0) is 17.8. The van der Waals surface area contributed by atoms with Gasteiger partial charge in [-0.25, -0.2) is 0 Å². The normalized spacial score (nSPS) is 18.2. The van der Waals surface area contributed by atoms with Gasteiger partial charge in [0.1, 0.15) is 0 Å². The van der Waals surface area contributed by atoms with Gasteiger partial charge in [0.05, 0.1) is 12.0 Å². The molecule has 6 heteroatoms. The minimum absolute atomic E-state index is 0.0254. The molecule has 1 aliphatic rings. The number of hydrogen-bond acceptors (Lipinski definition) is 5. The van der Waals surface area contributed by atoms with Gasteiger partial charge in [-0.1, -0.05) is 43.0 Å². The van der Waals surface area contributed by atoms with Crippen LogP contribution in [0.2, 0.25) is 0 Å². The number of anilines is 1. The molecule has 25 heavy (non-hydrogen) atoms. The number of hydrogen-bond donors (Lipinski definition) is 3. The molecule has 0 radical (unpaired) electrons. The number of thioether (sulfide) groups is 1. The number of amides is 1. The van der Waals surface area contributed by atoms with Crippen LogP contribution in [-0.2, 0) is 11.2 Å². The van der Waals surface area contributed by atoms with Gasteiger partial charge in [0.25, 0.3) is 5.91 Å². The number of methoxy groups -OCH3 is 1. The molecule has 2 aromatic rings. The molecule has 1 atom stereocenters. The maximum atomic E-state index is 12.2. The second-order valence-electron chi connectivity index (χ2n) is 5.57. The molecule has 1 fully saturated rings. The number of para-hydroxylation sites is 1. The van der Waals surface area contributed by atoms with Gasteiger partial charge >= 0.3 is 0 Å². The molecule has 1 aliphatic heterocycles. The zero-order valence-corrected chi connectivity index (χ0v) is 14.9. The van der Waals surface area contributed by atoms with Crippen molar-refractivity contribution in [3.8, 4) is 11.5 Å². The van der Waals surface area contributed by atoms with Crippen molar-refractivity contribution in [1.29, 1.82) is 0 Å². The second-order valence-corrected chi connectivity index (χ2v) is 6.72. The van der Waals surface area contributed by atoms with Crippen molar-refractivity contribution in [1.82, 2.24) is 5.32 Å². The molecule has 1 heterocycles. The number of ether oxygens (including phenoxy) is 1. The van der Waals surface area contributed by atoms with Crippen molar-refractivity contribution in [2.75, 3.05) is 12.4 Å². The van der Waals surface area contributed by atoms with E-state index in [1.807, 2.05) is 12.1 Å². The van der Waals surface area contributed by atoms with Gasteiger partial charge in [-0.05, 0) is 36.3 Å². The van der Waals surface area contributed by atoms with Gasteiger partial charge in [-0.2, -0.15) is 0 Å². The van der Waals surface area contributed by atoms with Crippen molar-refractivity contribution >= 4 is 29.4 Å². The lowest BCUT2D eigenvalue weighted by Gasteiger charge is -2.12. The van der Waals surface area contributed by atoms with Crippen molar-refractivity contribution in [2.24, 2.45) is 0 Å². The molecule has 0 spiro atoms. The standard InChI is InChI=1S/C19H20N2O3S/c1-3-12-7-9-14(10-8-12)20-19-21-18(23)16(25-19)11-13-5-4-6-15(24-2)17(13)22/h4-11,19-20,22H,3H2,1-2H3,(H,21,23)/b16-11+/t19-/m0/s1. The Morgan fingerprint density at radius 2 is 2.04 bits per heavy atom. The first-order chi connectivity index (χ1) is 12.1. The van der Waals surface area contributed by atoms with E-state index in [9.17, 15) is 9.90 Å². The number of aryl methyl sites for hydroxylation is 1. The summed E-state index contributed by atoms with van der Waals surface area (Å²) in [4.78, 5) is 12.7. The third-order valence-corrected chi connectivity index (χ3v) is 4.96. The Bertz CT molecular complexity index is 803. The minimum Gasteiger partial charge on any atom is -0.504 e. The molecule has 1 amide bonds. The molecule has 130 valence electrons. The fourth-order valence-electron chi connectivity index (χ4n) is 2.52. The zero-order valence-electron chi connectivity index (χ0n) is 14.1. The number of phenols is 1. The Labute approximate surface area is 151 Å². The fourth-order valence-corrected chi connectivity index (χ4v) is 3.49. The SMILES string of the molecule is CCc1ccc(N[C@H]2NC(=O)/C(=C\c3cccc(OC)c3O)S2)cc1. The van der Waals surface area contributed by atoms with Crippen LogP contribution in [0.3, 0.4) is 0 Å².